The molecule has 0 radical (unpaired) electrons. The van der Waals surface area contributed by atoms with Crippen LogP contribution in [0.3, 0.4) is 0 Å². The average Bonchev–Trinajstić information content (AvgIpc) is 3.11. The normalized spacial score (nSPS) is 19.3. The van der Waals surface area contributed by atoms with E-state index in [1.54, 1.807) is 0 Å². The average molecular weight is 308 g/mol. The van der Waals surface area contributed by atoms with Gasteiger partial charge in [-0.05, 0) is 37.1 Å². The van der Waals surface area contributed by atoms with Gasteiger partial charge in [-0.1, -0.05) is 0 Å². The van der Waals surface area contributed by atoms with Gasteiger partial charge in [-0.25, -0.2) is 14.0 Å². The van der Waals surface area contributed by atoms with Crippen molar-refractivity contribution in [3.8, 4) is 5.75 Å². The number of esters is 1. The zero-order chi connectivity index (χ0) is 14.1. The van der Waals surface area contributed by atoms with E-state index in [1.165, 1.54) is 19.2 Å². The van der Waals surface area contributed by atoms with Crippen molar-refractivity contribution < 1.29 is 23.0 Å². The summed E-state index contributed by atoms with van der Waals surface area (Å²) in [4.78, 5) is 11.5. The highest BCUT2D eigenvalue weighted by molar-refractivity contribution is 7.84. The lowest BCUT2D eigenvalue weighted by Gasteiger charge is -2.19. The molecule has 1 aromatic rings. The van der Waals surface area contributed by atoms with Crippen LogP contribution in [0.25, 0.3) is 0 Å². The molecule has 104 valence electrons. The number of nitrogens with one attached hydrogen (secondary N) is 1. The zero-order valence-corrected chi connectivity index (χ0v) is 11.7. The number of hydrogen-bond acceptors (Lipinski definition) is 4. The molecule has 19 heavy (non-hydrogen) atoms. The van der Waals surface area contributed by atoms with E-state index >= 15 is 0 Å². The van der Waals surface area contributed by atoms with Crippen LogP contribution in [0.15, 0.2) is 24.3 Å². The summed E-state index contributed by atoms with van der Waals surface area (Å²) in [5, 5.41) is 2.49. The number of carbonyl (C=O) groups excluding carboxylic acids is 1. The summed E-state index contributed by atoms with van der Waals surface area (Å²) >= 11 is 5.76. The van der Waals surface area contributed by atoms with E-state index in [2.05, 4.69) is 9.82 Å². The molecule has 0 amide bonds. The maximum atomic E-state index is 12.7. The number of halogens is 2. The fourth-order valence-electron chi connectivity index (χ4n) is 1.59. The van der Waals surface area contributed by atoms with Crippen LogP contribution >= 0.6 is 18.1 Å². The molecule has 1 aliphatic carbocycles. The molecule has 1 N–H and O–H groups in total. The van der Waals surface area contributed by atoms with E-state index in [-0.39, 0.29) is 5.75 Å². The van der Waals surface area contributed by atoms with E-state index < -0.39 is 24.2 Å². The molecule has 1 atom stereocenters. The Morgan fingerprint density at radius 2 is 2.00 bits per heavy atom. The summed E-state index contributed by atoms with van der Waals surface area (Å²) in [6.07, 6.45) is 0.951. The molecular weight excluding hydrogens is 296 g/mol. The third kappa shape index (κ3) is 3.47. The highest BCUT2D eigenvalue weighted by Gasteiger charge is 2.55. The molecule has 1 fully saturated rings. The topological polar surface area (TPSA) is 64.6 Å². The Bertz CT molecular complexity index is 532. The first-order valence-corrected chi connectivity index (χ1v) is 8.03. The molecule has 0 heterocycles. The third-order valence-electron chi connectivity index (χ3n) is 2.71. The molecule has 2 rings (SSSR count). The van der Waals surface area contributed by atoms with Gasteiger partial charge in [0.15, 0.2) is 0 Å². The van der Waals surface area contributed by atoms with Crippen molar-refractivity contribution in [1.82, 2.24) is 5.09 Å². The lowest BCUT2D eigenvalue weighted by molar-refractivity contribution is -0.143. The van der Waals surface area contributed by atoms with Gasteiger partial charge in [0.2, 0.25) is 0 Å². The Labute approximate surface area is 114 Å². The molecule has 0 spiro atoms. The Balaban J connectivity index is 2.05. The van der Waals surface area contributed by atoms with E-state index in [0.29, 0.717) is 12.8 Å². The van der Waals surface area contributed by atoms with Gasteiger partial charge in [0.25, 0.3) is 0 Å². The summed E-state index contributed by atoms with van der Waals surface area (Å²) in [7, 11) is 1.24. The second-order valence-corrected chi connectivity index (χ2v) is 6.91. The summed E-state index contributed by atoms with van der Waals surface area (Å²) in [5.41, 5.74) is -1.04. The first-order chi connectivity index (χ1) is 8.87. The monoisotopic (exact) mass is 307 g/mol. The summed E-state index contributed by atoms with van der Waals surface area (Å²) in [6.45, 7) is -3.76. The lowest BCUT2D eigenvalue weighted by Crippen LogP contribution is -2.37. The minimum absolute atomic E-state index is 0.146. The fourth-order valence-corrected chi connectivity index (χ4v) is 3.58. The molecule has 5 nitrogen and oxygen atoms in total. The summed E-state index contributed by atoms with van der Waals surface area (Å²) < 4.78 is 34.5. The van der Waals surface area contributed by atoms with Gasteiger partial charge in [-0.15, -0.1) is 0 Å². The molecular formula is C11H12ClFNO4P. The van der Waals surface area contributed by atoms with Crippen molar-refractivity contribution in [1.29, 1.82) is 0 Å². The van der Waals surface area contributed by atoms with Gasteiger partial charge in [0, 0.05) is 11.2 Å². The lowest BCUT2D eigenvalue weighted by atomic mass is 10.3. The molecule has 8 heteroatoms. The molecule has 1 saturated carbocycles. The first kappa shape index (κ1) is 14.3. The van der Waals surface area contributed by atoms with Crippen LogP contribution in [0.1, 0.15) is 12.8 Å². The smallest absolute Gasteiger partial charge is 0.410 e. The highest BCUT2D eigenvalue weighted by Crippen LogP contribution is 2.54. The van der Waals surface area contributed by atoms with Crippen LogP contribution < -0.4 is 9.61 Å². The van der Waals surface area contributed by atoms with Crippen LogP contribution in [0.5, 0.6) is 5.75 Å². The Morgan fingerprint density at radius 1 is 1.42 bits per heavy atom. The first-order valence-electron chi connectivity index (χ1n) is 5.50. The van der Waals surface area contributed by atoms with Gasteiger partial charge in [0.05, 0.1) is 7.11 Å². The van der Waals surface area contributed by atoms with Crippen LogP contribution in [0, 0.1) is 5.82 Å². The van der Waals surface area contributed by atoms with Crippen LogP contribution in [0.4, 0.5) is 4.39 Å². The van der Waals surface area contributed by atoms with E-state index in [0.717, 1.165) is 12.1 Å². The van der Waals surface area contributed by atoms with Crippen LogP contribution in [-0.4, -0.2) is 18.6 Å². The quantitative estimate of drug-likeness (QED) is 0.669. The predicted octanol–water partition coefficient (Wildman–Crippen LogP) is 2.85. The van der Waals surface area contributed by atoms with Crippen molar-refractivity contribution >= 4 is 24.1 Å². The molecule has 1 unspecified atom stereocenters. The van der Waals surface area contributed by atoms with Gasteiger partial charge in [-0.3, -0.25) is 4.79 Å². The standard InChI is InChI=1S/C11H12ClFNO4P/c1-17-10(15)11(6-7-11)14-19(12,16)18-9-4-2-8(13)3-5-9/h2-5H,6-7H2,1H3,(H,14,16). The van der Waals surface area contributed by atoms with Crippen LogP contribution in [-0.2, 0) is 14.1 Å². The Morgan fingerprint density at radius 3 is 2.47 bits per heavy atom. The fraction of sp³-hybridized carbons (Fsp3) is 0.364. The van der Waals surface area contributed by atoms with E-state index in [4.69, 9.17) is 15.8 Å². The van der Waals surface area contributed by atoms with E-state index in [1.807, 2.05) is 0 Å². The van der Waals surface area contributed by atoms with Crippen molar-refractivity contribution in [2.24, 2.45) is 0 Å². The number of carbonyl (C=O) groups is 1. The SMILES string of the molecule is COC(=O)C1(NP(=O)(Cl)Oc2ccc(F)cc2)CC1. The van der Waals surface area contributed by atoms with Crippen molar-refractivity contribution in [2.45, 2.75) is 18.4 Å². The van der Waals surface area contributed by atoms with Crippen molar-refractivity contribution in [3.63, 3.8) is 0 Å². The third-order valence-corrected chi connectivity index (χ3v) is 4.31. The molecule has 0 bridgehead atoms. The van der Waals surface area contributed by atoms with Gasteiger partial charge < -0.3 is 9.26 Å². The summed E-state index contributed by atoms with van der Waals surface area (Å²) in [5.74, 6) is -0.832. The maximum Gasteiger partial charge on any atom is 0.410 e. The number of ether oxygens (including phenoxy) is 1. The number of rotatable bonds is 5. The molecule has 0 saturated heterocycles. The van der Waals surface area contributed by atoms with E-state index in [9.17, 15) is 13.8 Å². The van der Waals surface area contributed by atoms with Crippen LogP contribution in [0.2, 0.25) is 0 Å². The number of benzene rings is 1. The highest BCUT2D eigenvalue weighted by atomic mass is 35.7. The molecule has 1 aliphatic rings. The Hall–Kier alpha value is -1.10. The summed E-state index contributed by atoms with van der Waals surface area (Å²) in [6, 6.07) is 4.90. The Kier molecular flexibility index (Phi) is 3.85. The zero-order valence-electron chi connectivity index (χ0n) is 10.1. The molecule has 0 aliphatic heterocycles. The molecule has 1 aromatic carbocycles. The van der Waals surface area contributed by atoms with Crippen molar-refractivity contribution in [2.75, 3.05) is 7.11 Å². The second-order valence-electron chi connectivity index (χ2n) is 4.21. The minimum atomic E-state index is -3.76. The second kappa shape index (κ2) is 5.12. The van der Waals surface area contributed by atoms with Gasteiger partial charge >= 0.3 is 12.8 Å². The number of hydrogen-bond donors (Lipinski definition) is 1. The minimum Gasteiger partial charge on any atom is -0.468 e. The maximum absolute atomic E-state index is 12.7. The molecule has 0 aromatic heterocycles. The van der Waals surface area contributed by atoms with Gasteiger partial charge in [-0.2, -0.15) is 0 Å². The van der Waals surface area contributed by atoms with Crippen molar-refractivity contribution in [3.05, 3.63) is 30.1 Å². The van der Waals surface area contributed by atoms with Gasteiger partial charge in [0.1, 0.15) is 17.1 Å². The predicted molar refractivity (Wildman–Crippen MR) is 67.6 cm³/mol. The number of methoxy groups -OCH3 is 1. The largest absolute Gasteiger partial charge is 0.468 e.